The topological polar surface area (TPSA) is 67.7 Å². The molecule has 3 rings (SSSR count). The summed E-state index contributed by atoms with van der Waals surface area (Å²) >= 11 is 0. The quantitative estimate of drug-likeness (QED) is 0.796. The molecule has 2 heterocycles. The standard InChI is InChI=1S/C18H22N4O2/c1-2-9-21-13-17(23)22(18(21)24)15-7-5-10-20(12-15)16-8-4-3-6-14(16)11-19/h3-4,6,8,15H,2,5,7,9-10,12-13H2,1H3. The minimum atomic E-state index is -0.165. The number of para-hydroxylation sites is 1. The number of imide groups is 1. The van der Waals surface area contributed by atoms with Crippen molar-refractivity contribution in [2.45, 2.75) is 32.2 Å². The molecule has 24 heavy (non-hydrogen) atoms. The lowest BCUT2D eigenvalue weighted by Crippen LogP contribution is -2.51. The Labute approximate surface area is 142 Å². The SMILES string of the molecule is CCCN1CC(=O)N(C2CCCN(c3ccccc3C#N)C2)C1=O. The van der Waals surface area contributed by atoms with E-state index in [0.717, 1.165) is 31.5 Å². The molecule has 0 N–H and O–H groups in total. The van der Waals surface area contributed by atoms with Gasteiger partial charge in [0, 0.05) is 19.6 Å². The van der Waals surface area contributed by atoms with E-state index in [1.54, 1.807) is 11.0 Å². The van der Waals surface area contributed by atoms with E-state index in [1.807, 2.05) is 25.1 Å². The Morgan fingerprint density at radius 3 is 2.83 bits per heavy atom. The maximum Gasteiger partial charge on any atom is 0.327 e. The minimum absolute atomic E-state index is 0.103. The van der Waals surface area contributed by atoms with Crippen LogP contribution in [0.15, 0.2) is 24.3 Å². The van der Waals surface area contributed by atoms with Gasteiger partial charge in [-0.25, -0.2) is 4.79 Å². The van der Waals surface area contributed by atoms with E-state index in [-0.39, 0.29) is 24.5 Å². The van der Waals surface area contributed by atoms with Crippen molar-refractivity contribution in [2.75, 3.05) is 31.1 Å². The number of amides is 3. The first kappa shape index (κ1) is 16.3. The number of carbonyl (C=O) groups is 2. The van der Waals surface area contributed by atoms with E-state index in [2.05, 4.69) is 11.0 Å². The Bertz CT molecular complexity index is 682. The van der Waals surface area contributed by atoms with Crippen LogP contribution in [0.1, 0.15) is 31.7 Å². The molecule has 1 unspecified atom stereocenters. The number of nitriles is 1. The fraction of sp³-hybridized carbons (Fsp3) is 0.500. The number of carbonyl (C=O) groups excluding carboxylic acids is 2. The molecule has 1 aromatic rings. The number of anilines is 1. The maximum absolute atomic E-state index is 12.5. The highest BCUT2D eigenvalue weighted by atomic mass is 16.2. The van der Waals surface area contributed by atoms with Crippen molar-refractivity contribution in [2.24, 2.45) is 0 Å². The maximum atomic E-state index is 12.5. The van der Waals surface area contributed by atoms with Gasteiger partial charge in [-0.15, -0.1) is 0 Å². The van der Waals surface area contributed by atoms with Crippen LogP contribution < -0.4 is 4.90 Å². The molecule has 0 aromatic heterocycles. The largest absolute Gasteiger partial charge is 0.368 e. The van der Waals surface area contributed by atoms with Gasteiger partial charge < -0.3 is 9.80 Å². The van der Waals surface area contributed by atoms with Crippen molar-refractivity contribution >= 4 is 17.6 Å². The van der Waals surface area contributed by atoms with Gasteiger partial charge in [-0.3, -0.25) is 9.69 Å². The number of nitrogens with zero attached hydrogens (tertiary/aromatic N) is 4. The second-order valence-corrected chi connectivity index (χ2v) is 6.34. The molecule has 126 valence electrons. The van der Waals surface area contributed by atoms with Crippen LogP contribution in [-0.2, 0) is 4.79 Å². The van der Waals surface area contributed by atoms with Gasteiger partial charge in [0.25, 0.3) is 5.91 Å². The van der Waals surface area contributed by atoms with Crippen molar-refractivity contribution in [3.63, 3.8) is 0 Å². The first-order valence-electron chi connectivity index (χ1n) is 8.50. The Morgan fingerprint density at radius 1 is 1.29 bits per heavy atom. The molecule has 1 aromatic carbocycles. The predicted molar refractivity (Wildman–Crippen MR) is 90.5 cm³/mol. The number of urea groups is 1. The first-order valence-corrected chi connectivity index (χ1v) is 8.50. The molecular weight excluding hydrogens is 304 g/mol. The number of benzene rings is 1. The van der Waals surface area contributed by atoms with E-state index >= 15 is 0 Å². The van der Waals surface area contributed by atoms with Crippen LogP contribution >= 0.6 is 0 Å². The molecule has 0 bridgehead atoms. The fourth-order valence-corrected chi connectivity index (χ4v) is 3.60. The summed E-state index contributed by atoms with van der Waals surface area (Å²) in [5.74, 6) is -0.103. The zero-order valence-corrected chi connectivity index (χ0v) is 13.9. The average Bonchev–Trinajstić information content (AvgIpc) is 2.89. The van der Waals surface area contributed by atoms with Crippen molar-refractivity contribution in [1.82, 2.24) is 9.80 Å². The van der Waals surface area contributed by atoms with E-state index in [1.165, 1.54) is 4.90 Å². The van der Waals surface area contributed by atoms with Crippen molar-refractivity contribution in [3.05, 3.63) is 29.8 Å². The summed E-state index contributed by atoms with van der Waals surface area (Å²) in [6.45, 7) is 4.24. The van der Waals surface area contributed by atoms with Crippen LogP contribution in [0.25, 0.3) is 0 Å². The third kappa shape index (κ3) is 2.94. The summed E-state index contributed by atoms with van der Waals surface area (Å²) < 4.78 is 0. The normalized spacial score (nSPS) is 21.3. The Hall–Kier alpha value is -2.55. The molecular formula is C18H22N4O2. The zero-order valence-electron chi connectivity index (χ0n) is 13.9. The highest BCUT2D eigenvalue weighted by molar-refractivity contribution is 6.02. The van der Waals surface area contributed by atoms with Gasteiger partial charge in [0.1, 0.15) is 12.6 Å². The summed E-state index contributed by atoms with van der Waals surface area (Å²) in [4.78, 5) is 30.1. The molecule has 6 nitrogen and oxygen atoms in total. The van der Waals surface area contributed by atoms with E-state index in [0.29, 0.717) is 18.7 Å². The average molecular weight is 326 g/mol. The number of piperidine rings is 1. The lowest BCUT2D eigenvalue weighted by Gasteiger charge is -2.38. The van der Waals surface area contributed by atoms with Crippen LogP contribution in [0.3, 0.4) is 0 Å². The van der Waals surface area contributed by atoms with Crippen LogP contribution in [0.5, 0.6) is 0 Å². The van der Waals surface area contributed by atoms with E-state index in [4.69, 9.17) is 0 Å². The van der Waals surface area contributed by atoms with Crippen LogP contribution in [0.4, 0.5) is 10.5 Å². The van der Waals surface area contributed by atoms with Gasteiger partial charge in [-0.2, -0.15) is 5.26 Å². The van der Waals surface area contributed by atoms with Gasteiger partial charge in [0.05, 0.1) is 17.3 Å². The second kappa shape index (κ2) is 6.91. The smallest absolute Gasteiger partial charge is 0.327 e. The number of hydrogen-bond donors (Lipinski definition) is 0. The Balaban J connectivity index is 1.78. The lowest BCUT2D eigenvalue weighted by atomic mass is 10.0. The highest BCUT2D eigenvalue weighted by Crippen LogP contribution is 2.27. The second-order valence-electron chi connectivity index (χ2n) is 6.34. The summed E-state index contributed by atoms with van der Waals surface area (Å²) in [5, 5.41) is 9.30. The third-order valence-electron chi connectivity index (χ3n) is 4.69. The molecule has 2 saturated heterocycles. The monoisotopic (exact) mass is 326 g/mol. The van der Waals surface area contributed by atoms with Crippen molar-refractivity contribution in [3.8, 4) is 6.07 Å². The van der Waals surface area contributed by atoms with Gasteiger partial charge in [-0.1, -0.05) is 19.1 Å². The molecule has 0 saturated carbocycles. The zero-order chi connectivity index (χ0) is 17.1. The van der Waals surface area contributed by atoms with Gasteiger partial charge in [0.15, 0.2) is 0 Å². The van der Waals surface area contributed by atoms with Crippen LogP contribution in [0.2, 0.25) is 0 Å². The first-order chi connectivity index (χ1) is 11.7. The molecule has 0 radical (unpaired) electrons. The molecule has 6 heteroatoms. The summed E-state index contributed by atoms with van der Waals surface area (Å²) in [5.41, 5.74) is 1.51. The van der Waals surface area contributed by atoms with E-state index < -0.39 is 0 Å². The molecule has 0 spiro atoms. The molecule has 2 aliphatic heterocycles. The fourth-order valence-electron chi connectivity index (χ4n) is 3.60. The van der Waals surface area contributed by atoms with Gasteiger partial charge in [0.2, 0.25) is 0 Å². The lowest BCUT2D eigenvalue weighted by molar-refractivity contribution is -0.127. The Morgan fingerprint density at radius 2 is 2.08 bits per heavy atom. The third-order valence-corrected chi connectivity index (χ3v) is 4.69. The Kier molecular flexibility index (Phi) is 4.70. The number of rotatable bonds is 4. The molecule has 2 fully saturated rings. The van der Waals surface area contributed by atoms with Gasteiger partial charge in [-0.05, 0) is 31.4 Å². The molecule has 0 aliphatic carbocycles. The van der Waals surface area contributed by atoms with Crippen LogP contribution in [-0.4, -0.2) is 54.0 Å². The summed E-state index contributed by atoms with van der Waals surface area (Å²) in [6, 6.07) is 9.43. The van der Waals surface area contributed by atoms with Crippen molar-refractivity contribution in [1.29, 1.82) is 5.26 Å². The molecule has 1 atom stereocenters. The van der Waals surface area contributed by atoms with Crippen LogP contribution in [0, 0.1) is 11.3 Å². The summed E-state index contributed by atoms with van der Waals surface area (Å²) in [7, 11) is 0. The van der Waals surface area contributed by atoms with Gasteiger partial charge >= 0.3 is 6.03 Å². The van der Waals surface area contributed by atoms with E-state index in [9.17, 15) is 14.9 Å². The minimum Gasteiger partial charge on any atom is -0.368 e. The predicted octanol–water partition coefficient (Wildman–Crippen LogP) is 2.20. The molecule has 2 aliphatic rings. The number of hydrogen-bond acceptors (Lipinski definition) is 4. The molecule has 3 amide bonds. The van der Waals surface area contributed by atoms with Crippen molar-refractivity contribution < 1.29 is 9.59 Å². The highest BCUT2D eigenvalue weighted by Gasteiger charge is 2.41. The summed E-state index contributed by atoms with van der Waals surface area (Å²) in [6.07, 6.45) is 2.57.